The molecule has 0 atom stereocenters. The van der Waals surface area contributed by atoms with E-state index in [9.17, 15) is 13.6 Å². The first-order chi connectivity index (χ1) is 6.59. The van der Waals surface area contributed by atoms with Crippen LogP contribution in [-0.4, -0.2) is 18.9 Å². The van der Waals surface area contributed by atoms with Gasteiger partial charge in [-0.25, -0.2) is 8.78 Å². The van der Waals surface area contributed by atoms with Crippen LogP contribution in [0.1, 0.15) is 10.4 Å². The number of rotatable bonds is 3. The number of hydrogen-bond donors (Lipinski definition) is 2. The number of hydrogen-bond acceptors (Lipinski definition) is 2. The van der Waals surface area contributed by atoms with E-state index < -0.39 is 18.9 Å². The fraction of sp³-hybridized carbons (Fsp3) is 0.222. The van der Waals surface area contributed by atoms with Gasteiger partial charge in [-0.05, 0) is 24.3 Å². The summed E-state index contributed by atoms with van der Waals surface area (Å²) in [4.78, 5) is 11.2. The highest BCUT2D eigenvalue weighted by molar-refractivity contribution is 5.94. The van der Waals surface area contributed by atoms with Gasteiger partial charge >= 0.3 is 0 Å². The van der Waals surface area contributed by atoms with E-state index in [-0.39, 0.29) is 0 Å². The number of amides is 1. The zero-order valence-corrected chi connectivity index (χ0v) is 7.34. The smallest absolute Gasteiger partial charge is 0.255 e. The van der Waals surface area contributed by atoms with E-state index in [1.807, 2.05) is 0 Å². The van der Waals surface area contributed by atoms with Gasteiger partial charge in [-0.15, -0.1) is 0 Å². The molecule has 1 rings (SSSR count). The van der Waals surface area contributed by atoms with E-state index in [1.54, 1.807) is 0 Å². The molecule has 1 aromatic carbocycles. The molecule has 0 bridgehead atoms. The lowest BCUT2D eigenvalue weighted by Crippen LogP contribution is -2.28. The van der Waals surface area contributed by atoms with Crippen molar-refractivity contribution in [3.05, 3.63) is 29.8 Å². The quantitative estimate of drug-likeness (QED) is 0.722. The Morgan fingerprint density at radius 2 is 1.93 bits per heavy atom. The van der Waals surface area contributed by atoms with Crippen molar-refractivity contribution in [1.29, 1.82) is 0 Å². The third-order valence-corrected chi connectivity index (χ3v) is 1.59. The lowest BCUT2D eigenvalue weighted by molar-refractivity contribution is 0.0892. The highest BCUT2D eigenvalue weighted by Gasteiger charge is 2.07. The molecule has 0 heterocycles. The molecule has 0 saturated carbocycles. The predicted octanol–water partition coefficient (Wildman–Crippen LogP) is 1.26. The van der Waals surface area contributed by atoms with Gasteiger partial charge in [-0.3, -0.25) is 4.79 Å². The standard InChI is InChI=1S/C9H10F2N2O/c10-8(11)5-13-9(14)6-1-3-7(12)4-2-6/h1-4,8H,5,12H2,(H,13,14). The number of alkyl halides is 2. The minimum atomic E-state index is -2.53. The van der Waals surface area contributed by atoms with Gasteiger partial charge in [0.05, 0.1) is 6.54 Å². The Hall–Kier alpha value is -1.65. The highest BCUT2D eigenvalue weighted by atomic mass is 19.3. The number of benzene rings is 1. The average molecular weight is 200 g/mol. The van der Waals surface area contributed by atoms with E-state index in [4.69, 9.17) is 5.73 Å². The number of anilines is 1. The van der Waals surface area contributed by atoms with Crippen LogP contribution in [0.5, 0.6) is 0 Å². The van der Waals surface area contributed by atoms with Crippen molar-refractivity contribution in [3.63, 3.8) is 0 Å². The number of halogens is 2. The molecule has 0 aliphatic carbocycles. The number of carbonyl (C=O) groups excluding carboxylic acids is 1. The average Bonchev–Trinajstić information content (AvgIpc) is 2.15. The summed E-state index contributed by atoms with van der Waals surface area (Å²) in [5, 5.41) is 2.09. The maximum Gasteiger partial charge on any atom is 0.255 e. The second-order valence-corrected chi connectivity index (χ2v) is 2.72. The van der Waals surface area contributed by atoms with E-state index >= 15 is 0 Å². The van der Waals surface area contributed by atoms with Gasteiger partial charge in [0, 0.05) is 11.3 Å². The summed E-state index contributed by atoms with van der Waals surface area (Å²) in [6.07, 6.45) is -2.53. The third kappa shape index (κ3) is 3.01. The van der Waals surface area contributed by atoms with Crippen molar-refractivity contribution < 1.29 is 13.6 Å². The number of nitrogens with one attached hydrogen (secondary N) is 1. The van der Waals surface area contributed by atoms with Crippen LogP contribution in [0.2, 0.25) is 0 Å². The predicted molar refractivity (Wildman–Crippen MR) is 49.2 cm³/mol. The van der Waals surface area contributed by atoms with Crippen molar-refractivity contribution in [1.82, 2.24) is 5.32 Å². The first kappa shape index (κ1) is 10.4. The maximum absolute atomic E-state index is 11.7. The summed E-state index contributed by atoms with van der Waals surface area (Å²) in [5.74, 6) is -0.523. The molecule has 76 valence electrons. The first-order valence-electron chi connectivity index (χ1n) is 4.01. The molecule has 1 amide bonds. The summed E-state index contributed by atoms with van der Waals surface area (Å²) >= 11 is 0. The lowest BCUT2D eigenvalue weighted by Gasteiger charge is -2.04. The second-order valence-electron chi connectivity index (χ2n) is 2.72. The van der Waals surface area contributed by atoms with Gasteiger partial charge in [0.25, 0.3) is 12.3 Å². The molecule has 3 N–H and O–H groups in total. The minimum Gasteiger partial charge on any atom is -0.399 e. The molecule has 14 heavy (non-hydrogen) atoms. The first-order valence-corrected chi connectivity index (χ1v) is 4.01. The molecular formula is C9H10F2N2O. The van der Waals surface area contributed by atoms with Gasteiger partial charge in [-0.1, -0.05) is 0 Å². The SMILES string of the molecule is Nc1ccc(C(=O)NCC(F)F)cc1. The second kappa shape index (κ2) is 4.55. The van der Waals surface area contributed by atoms with Gasteiger partial charge in [0.15, 0.2) is 0 Å². The van der Waals surface area contributed by atoms with Gasteiger partial charge in [0.1, 0.15) is 0 Å². The van der Waals surface area contributed by atoms with Crippen LogP contribution in [0.3, 0.4) is 0 Å². The normalized spacial score (nSPS) is 10.2. The maximum atomic E-state index is 11.7. The monoisotopic (exact) mass is 200 g/mol. The van der Waals surface area contributed by atoms with Crippen molar-refractivity contribution >= 4 is 11.6 Å². The Bertz CT molecular complexity index is 311. The Morgan fingerprint density at radius 1 is 1.36 bits per heavy atom. The van der Waals surface area contributed by atoms with E-state index in [0.29, 0.717) is 11.3 Å². The largest absolute Gasteiger partial charge is 0.399 e. The van der Waals surface area contributed by atoms with Gasteiger partial charge in [-0.2, -0.15) is 0 Å². The van der Waals surface area contributed by atoms with Crippen molar-refractivity contribution in [2.75, 3.05) is 12.3 Å². The van der Waals surface area contributed by atoms with Gasteiger partial charge in [0.2, 0.25) is 0 Å². The summed E-state index contributed by atoms with van der Waals surface area (Å²) in [6, 6.07) is 6.04. The topological polar surface area (TPSA) is 55.1 Å². The molecule has 0 spiro atoms. The van der Waals surface area contributed by atoms with Gasteiger partial charge < -0.3 is 11.1 Å². The Balaban J connectivity index is 2.57. The van der Waals surface area contributed by atoms with Crippen LogP contribution in [0.25, 0.3) is 0 Å². The molecule has 0 saturated heterocycles. The summed E-state index contributed by atoms with van der Waals surface area (Å²) in [6.45, 7) is -0.636. The van der Waals surface area contributed by atoms with E-state index in [0.717, 1.165) is 0 Å². The lowest BCUT2D eigenvalue weighted by atomic mass is 10.2. The number of nitrogens with two attached hydrogens (primary N) is 1. The van der Waals surface area contributed by atoms with Crippen LogP contribution in [0.4, 0.5) is 14.5 Å². The Labute approximate surface area is 79.9 Å². The summed E-state index contributed by atoms with van der Waals surface area (Å²) in [5.41, 5.74) is 6.24. The van der Waals surface area contributed by atoms with Crippen LogP contribution >= 0.6 is 0 Å². The molecule has 1 aromatic rings. The fourth-order valence-electron chi connectivity index (χ4n) is 0.906. The molecule has 0 unspecified atom stereocenters. The van der Waals surface area contributed by atoms with Crippen molar-refractivity contribution in [2.45, 2.75) is 6.43 Å². The Morgan fingerprint density at radius 3 is 2.43 bits per heavy atom. The van der Waals surface area contributed by atoms with Crippen LogP contribution < -0.4 is 11.1 Å². The van der Waals surface area contributed by atoms with Crippen molar-refractivity contribution in [2.24, 2.45) is 0 Å². The zero-order chi connectivity index (χ0) is 10.6. The number of nitrogen functional groups attached to an aromatic ring is 1. The zero-order valence-electron chi connectivity index (χ0n) is 7.34. The van der Waals surface area contributed by atoms with E-state index in [2.05, 4.69) is 5.32 Å². The fourth-order valence-corrected chi connectivity index (χ4v) is 0.906. The van der Waals surface area contributed by atoms with Crippen LogP contribution in [0.15, 0.2) is 24.3 Å². The minimum absolute atomic E-state index is 0.319. The molecule has 0 fully saturated rings. The van der Waals surface area contributed by atoms with E-state index in [1.165, 1.54) is 24.3 Å². The molecule has 0 radical (unpaired) electrons. The molecule has 0 aliphatic heterocycles. The summed E-state index contributed by atoms with van der Waals surface area (Å²) in [7, 11) is 0. The van der Waals surface area contributed by atoms with Crippen LogP contribution in [-0.2, 0) is 0 Å². The molecule has 3 nitrogen and oxygen atoms in total. The molecular weight excluding hydrogens is 190 g/mol. The molecule has 0 aliphatic rings. The summed E-state index contributed by atoms with van der Waals surface area (Å²) < 4.78 is 23.5. The highest BCUT2D eigenvalue weighted by Crippen LogP contribution is 2.05. The molecule has 5 heteroatoms. The third-order valence-electron chi connectivity index (χ3n) is 1.59. The number of carbonyl (C=O) groups is 1. The molecule has 0 aromatic heterocycles. The van der Waals surface area contributed by atoms with Crippen molar-refractivity contribution in [3.8, 4) is 0 Å². The Kier molecular flexibility index (Phi) is 3.39. The van der Waals surface area contributed by atoms with Crippen LogP contribution in [0, 0.1) is 0 Å².